The summed E-state index contributed by atoms with van der Waals surface area (Å²) in [6.45, 7) is 0.612. The Morgan fingerprint density at radius 1 is 0.714 bits per heavy atom. The monoisotopic (exact) mass is 392 g/mol. The second kappa shape index (κ2) is 8.71. The van der Waals surface area contributed by atoms with Crippen molar-refractivity contribution in [3.8, 4) is 0 Å². The van der Waals surface area contributed by atoms with E-state index in [2.05, 4.69) is 43.3 Å². The maximum atomic E-state index is 12.9. The van der Waals surface area contributed by atoms with Gasteiger partial charge in [-0.3, -0.25) is 0 Å². The number of carbonyl (C=O) groups excluding carboxylic acids is 1. The molecule has 3 aromatic carbocycles. The molecular formula is C25H29O2P. The predicted octanol–water partition coefficient (Wildman–Crippen LogP) is 5.18. The molecular weight excluding hydrogens is 363 g/mol. The van der Waals surface area contributed by atoms with E-state index in [1.165, 1.54) is 0 Å². The van der Waals surface area contributed by atoms with Crippen LogP contribution in [-0.4, -0.2) is 12.1 Å². The average Bonchev–Trinajstić information content (AvgIpc) is 2.78. The van der Waals surface area contributed by atoms with Crippen molar-refractivity contribution in [2.24, 2.45) is 0 Å². The van der Waals surface area contributed by atoms with Crippen molar-refractivity contribution < 1.29 is 9.32 Å². The van der Waals surface area contributed by atoms with Crippen LogP contribution in [-0.2, 0) is 9.32 Å². The third kappa shape index (κ3) is 3.38. The summed E-state index contributed by atoms with van der Waals surface area (Å²) in [4.78, 5) is 12.9. The number of unbranched alkanes of at least 4 members (excludes halogenated alkanes) is 1. The van der Waals surface area contributed by atoms with Gasteiger partial charge in [-0.2, -0.15) is 0 Å². The van der Waals surface area contributed by atoms with Gasteiger partial charge in [-0.25, -0.2) is 0 Å². The number of carbonyl (C=O) groups is 1. The van der Waals surface area contributed by atoms with Gasteiger partial charge < -0.3 is 0 Å². The SMILES string of the molecule is CCCCP(OC(=O)CC)(c1ccccc1)(c1ccccc1)c1ccccc1. The Bertz CT molecular complexity index is 792. The molecule has 0 spiro atoms. The summed E-state index contributed by atoms with van der Waals surface area (Å²) < 4.78 is 6.73. The van der Waals surface area contributed by atoms with E-state index in [4.69, 9.17) is 4.52 Å². The summed E-state index contributed by atoms with van der Waals surface area (Å²) in [5, 5.41) is 3.34. The first-order valence-corrected chi connectivity index (χ1v) is 12.4. The molecule has 3 heteroatoms. The van der Waals surface area contributed by atoms with Crippen LogP contribution < -0.4 is 15.9 Å². The fourth-order valence-corrected chi connectivity index (χ4v) is 10.0. The second-order valence-electron chi connectivity index (χ2n) is 7.11. The Hall–Kier alpha value is -2.44. The molecule has 0 radical (unpaired) electrons. The standard InChI is InChI=1S/C25H29O2P/c1-3-5-21-28(27-25(26)4-2,22-15-9-6-10-16-22,23-17-11-7-12-18-23)24-19-13-8-14-20-24/h6-20H,3-5,21H2,1-2H3. The predicted molar refractivity (Wildman–Crippen MR) is 121 cm³/mol. The van der Waals surface area contributed by atoms with Crippen LogP contribution in [0.3, 0.4) is 0 Å². The van der Waals surface area contributed by atoms with E-state index in [1.807, 2.05) is 61.5 Å². The van der Waals surface area contributed by atoms with Crippen LogP contribution in [0.15, 0.2) is 91.0 Å². The van der Waals surface area contributed by atoms with Crippen molar-refractivity contribution >= 4 is 28.7 Å². The van der Waals surface area contributed by atoms with E-state index >= 15 is 0 Å². The van der Waals surface area contributed by atoms with Crippen LogP contribution in [0.2, 0.25) is 0 Å². The Labute approximate surface area is 168 Å². The zero-order chi connectivity index (χ0) is 19.9. The van der Waals surface area contributed by atoms with Gasteiger partial charge in [-0.1, -0.05) is 0 Å². The van der Waals surface area contributed by atoms with Gasteiger partial charge in [0.25, 0.3) is 0 Å². The van der Waals surface area contributed by atoms with Crippen LogP contribution in [0.25, 0.3) is 0 Å². The van der Waals surface area contributed by atoms with Crippen molar-refractivity contribution in [2.45, 2.75) is 33.1 Å². The molecule has 0 atom stereocenters. The zero-order valence-corrected chi connectivity index (χ0v) is 17.6. The van der Waals surface area contributed by atoms with Gasteiger partial charge >= 0.3 is 168 Å². The molecule has 0 unspecified atom stereocenters. The van der Waals surface area contributed by atoms with Crippen LogP contribution in [0.1, 0.15) is 33.1 Å². The number of benzene rings is 3. The first kappa shape index (κ1) is 20.3. The number of rotatable bonds is 8. The number of hydrogen-bond acceptors (Lipinski definition) is 2. The van der Waals surface area contributed by atoms with Crippen LogP contribution in [0.5, 0.6) is 0 Å². The fourth-order valence-electron chi connectivity index (χ4n) is 4.02. The van der Waals surface area contributed by atoms with E-state index in [1.54, 1.807) is 0 Å². The summed E-state index contributed by atoms with van der Waals surface area (Å²) in [5.41, 5.74) is 0. The first-order valence-electron chi connectivity index (χ1n) is 10.1. The molecule has 0 amide bonds. The van der Waals surface area contributed by atoms with Crippen molar-refractivity contribution in [1.82, 2.24) is 0 Å². The zero-order valence-electron chi connectivity index (χ0n) is 16.8. The summed E-state index contributed by atoms with van der Waals surface area (Å²) in [5.74, 6) is -0.148. The van der Waals surface area contributed by atoms with Gasteiger partial charge in [0.05, 0.1) is 0 Å². The average molecular weight is 392 g/mol. The molecule has 3 rings (SSSR count). The molecule has 0 bridgehead atoms. The molecule has 2 nitrogen and oxygen atoms in total. The quantitative estimate of drug-likeness (QED) is 0.494. The molecule has 0 saturated heterocycles. The van der Waals surface area contributed by atoms with Gasteiger partial charge in [-0.15, -0.1) is 0 Å². The van der Waals surface area contributed by atoms with Crippen LogP contribution >= 0.6 is 6.83 Å². The topological polar surface area (TPSA) is 26.3 Å². The van der Waals surface area contributed by atoms with Crippen LogP contribution in [0.4, 0.5) is 0 Å². The van der Waals surface area contributed by atoms with Crippen molar-refractivity contribution in [3.63, 3.8) is 0 Å². The summed E-state index contributed by atoms with van der Waals surface area (Å²) >= 11 is 0. The molecule has 0 aliphatic rings. The fraction of sp³-hybridized carbons (Fsp3) is 0.240. The van der Waals surface area contributed by atoms with Crippen molar-refractivity contribution in [3.05, 3.63) is 91.0 Å². The second-order valence-corrected chi connectivity index (χ2v) is 11.7. The van der Waals surface area contributed by atoms with Crippen LogP contribution in [0, 0.1) is 0 Å². The molecule has 146 valence electrons. The van der Waals surface area contributed by atoms with Gasteiger partial charge in [-0.05, 0) is 0 Å². The summed E-state index contributed by atoms with van der Waals surface area (Å²) in [6, 6.07) is 31.2. The normalized spacial score (nSPS) is 12.7. The first-order chi connectivity index (χ1) is 13.7. The molecule has 0 aliphatic carbocycles. The van der Waals surface area contributed by atoms with Gasteiger partial charge in [0.2, 0.25) is 0 Å². The number of hydrogen-bond donors (Lipinski definition) is 0. The van der Waals surface area contributed by atoms with Gasteiger partial charge in [0, 0.05) is 0 Å². The van der Waals surface area contributed by atoms with Gasteiger partial charge in [0.1, 0.15) is 0 Å². The summed E-state index contributed by atoms with van der Waals surface area (Å²) in [6.07, 6.45) is 3.18. The summed E-state index contributed by atoms with van der Waals surface area (Å²) in [7, 11) is 0. The minimum absolute atomic E-state index is 0.148. The Morgan fingerprint density at radius 2 is 1.11 bits per heavy atom. The van der Waals surface area contributed by atoms with E-state index in [0.29, 0.717) is 6.42 Å². The minimum atomic E-state index is -3.45. The maximum absolute atomic E-state index is 12.9. The van der Waals surface area contributed by atoms with Gasteiger partial charge in [0.15, 0.2) is 0 Å². The Kier molecular flexibility index (Phi) is 6.31. The molecule has 0 N–H and O–H groups in total. The van der Waals surface area contributed by atoms with E-state index in [9.17, 15) is 4.79 Å². The third-order valence-corrected chi connectivity index (χ3v) is 11.4. The third-order valence-electron chi connectivity index (χ3n) is 5.44. The van der Waals surface area contributed by atoms with E-state index < -0.39 is 6.83 Å². The molecule has 0 saturated carbocycles. The van der Waals surface area contributed by atoms with Crippen molar-refractivity contribution in [2.75, 3.05) is 6.16 Å². The Balaban J connectivity index is 2.48. The Morgan fingerprint density at radius 3 is 1.43 bits per heavy atom. The molecule has 0 fully saturated rings. The van der Waals surface area contributed by atoms with Crippen molar-refractivity contribution in [1.29, 1.82) is 0 Å². The molecule has 0 heterocycles. The van der Waals surface area contributed by atoms with E-state index in [-0.39, 0.29) is 5.97 Å². The molecule has 0 aromatic heterocycles. The van der Waals surface area contributed by atoms with E-state index in [0.717, 1.165) is 34.9 Å². The molecule has 28 heavy (non-hydrogen) atoms. The molecule has 0 aliphatic heterocycles. The molecule has 3 aromatic rings.